The highest BCUT2D eigenvalue weighted by Gasteiger charge is 2.50. The van der Waals surface area contributed by atoms with E-state index in [4.69, 9.17) is 0 Å². The molecule has 0 saturated heterocycles. The first-order valence-corrected chi connectivity index (χ1v) is 5.69. The van der Waals surface area contributed by atoms with Crippen molar-refractivity contribution in [1.82, 2.24) is 0 Å². The topological polar surface area (TPSA) is 91.7 Å². The van der Waals surface area contributed by atoms with Gasteiger partial charge in [0.15, 0.2) is 11.2 Å². The maximum Gasteiger partial charge on any atom is 0.332 e. The van der Waals surface area contributed by atoms with Crippen molar-refractivity contribution in [1.29, 1.82) is 0 Å². The Bertz CT molecular complexity index is 456. The minimum Gasteiger partial charge on any atom is -0.480 e. The van der Waals surface area contributed by atoms with Crippen molar-refractivity contribution in [3.05, 3.63) is 23.3 Å². The molecule has 1 aliphatic rings. The molecule has 0 aromatic rings. The van der Waals surface area contributed by atoms with Gasteiger partial charge in [0, 0.05) is 11.5 Å². The van der Waals surface area contributed by atoms with Crippen LogP contribution in [-0.4, -0.2) is 27.9 Å². The van der Waals surface area contributed by atoms with Gasteiger partial charge in [0.25, 0.3) is 0 Å². The molecule has 18 heavy (non-hydrogen) atoms. The highest BCUT2D eigenvalue weighted by Crippen LogP contribution is 2.41. The first-order valence-electron chi connectivity index (χ1n) is 5.69. The Balaban J connectivity index is 3.48. The van der Waals surface area contributed by atoms with E-state index >= 15 is 0 Å². The third-order valence-corrected chi connectivity index (χ3v) is 3.56. The summed E-state index contributed by atoms with van der Waals surface area (Å²) in [5, 5.41) is 18.5. The molecule has 0 aliphatic heterocycles. The summed E-state index contributed by atoms with van der Waals surface area (Å²) in [6, 6.07) is 0. The normalized spacial score (nSPS) is 27.2. The van der Waals surface area contributed by atoms with Crippen molar-refractivity contribution in [2.75, 3.05) is 0 Å². The Kier molecular flexibility index (Phi) is 3.74. The van der Waals surface area contributed by atoms with Gasteiger partial charge in [-0.15, -0.1) is 0 Å². The molecule has 5 heteroatoms. The van der Waals surface area contributed by atoms with E-state index in [0.717, 1.165) is 0 Å². The van der Waals surface area contributed by atoms with E-state index < -0.39 is 29.1 Å². The molecule has 0 bridgehead atoms. The predicted molar refractivity (Wildman–Crippen MR) is 64.0 cm³/mol. The summed E-state index contributed by atoms with van der Waals surface area (Å²) < 4.78 is 0. The van der Waals surface area contributed by atoms with Gasteiger partial charge in [0.2, 0.25) is 0 Å². The fourth-order valence-electron chi connectivity index (χ4n) is 2.43. The van der Waals surface area contributed by atoms with Gasteiger partial charge in [0.05, 0.1) is 0 Å². The molecule has 5 nitrogen and oxygen atoms in total. The second kappa shape index (κ2) is 4.76. The smallest absolute Gasteiger partial charge is 0.332 e. The lowest BCUT2D eigenvalue weighted by atomic mass is 9.66. The largest absolute Gasteiger partial charge is 0.480 e. The van der Waals surface area contributed by atoms with Crippen LogP contribution >= 0.6 is 0 Å². The summed E-state index contributed by atoms with van der Waals surface area (Å²) in [6.07, 6.45) is 3.24. The fourth-order valence-corrected chi connectivity index (χ4v) is 2.43. The SMILES string of the molecule is CCC1=C(C(=O)O)C(C)C(C(C)=O)(C(=O)O)C=C1. The number of carbonyl (C=O) groups is 3. The van der Waals surface area contributed by atoms with E-state index in [2.05, 4.69) is 0 Å². The third-order valence-electron chi connectivity index (χ3n) is 3.56. The summed E-state index contributed by atoms with van der Waals surface area (Å²) in [4.78, 5) is 34.4. The molecule has 2 atom stereocenters. The minimum atomic E-state index is -1.77. The van der Waals surface area contributed by atoms with E-state index in [-0.39, 0.29) is 5.57 Å². The van der Waals surface area contributed by atoms with Crippen molar-refractivity contribution in [3.63, 3.8) is 0 Å². The van der Waals surface area contributed by atoms with Crippen LogP contribution in [0.3, 0.4) is 0 Å². The molecule has 0 aromatic heterocycles. The zero-order valence-corrected chi connectivity index (χ0v) is 10.6. The van der Waals surface area contributed by atoms with Crippen molar-refractivity contribution in [3.8, 4) is 0 Å². The summed E-state index contributed by atoms with van der Waals surface area (Å²) in [5.41, 5.74) is -1.20. The lowest BCUT2D eigenvalue weighted by molar-refractivity contribution is -0.153. The molecule has 0 radical (unpaired) electrons. The second-order valence-corrected chi connectivity index (χ2v) is 4.38. The zero-order chi connectivity index (χ0) is 14.1. The first kappa shape index (κ1) is 14.2. The number of hydrogen-bond acceptors (Lipinski definition) is 3. The zero-order valence-electron chi connectivity index (χ0n) is 10.6. The predicted octanol–water partition coefficient (Wildman–Crippen LogP) is 1.64. The molecule has 0 spiro atoms. The number of carbonyl (C=O) groups excluding carboxylic acids is 1. The Labute approximate surface area is 105 Å². The number of ketones is 1. The molecular weight excluding hydrogens is 236 g/mol. The Morgan fingerprint density at radius 1 is 1.33 bits per heavy atom. The molecule has 0 amide bonds. The minimum absolute atomic E-state index is 0.0117. The van der Waals surface area contributed by atoms with E-state index in [1.807, 2.05) is 0 Å². The summed E-state index contributed by atoms with van der Waals surface area (Å²) in [5.74, 6) is -3.93. The van der Waals surface area contributed by atoms with Crippen LogP contribution < -0.4 is 0 Å². The number of aliphatic carboxylic acids is 2. The van der Waals surface area contributed by atoms with Crippen LogP contribution in [0.15, 0.2) is 23.3 Å². The van der Waals surface area contributed by atoms with Crippen LogP contribution in [0.1, 0.15) is 27.2 Å². The standard InChI is InChI=1S/C13H16O5/c1-4-9-5-6-13(8(3)14,12(17)18)7(2)10(9)11(15)16/h5-7H,4H2,1-3H3,(H,15,16)(H,17,18). The van der Waals surface area contributed by atoms with Crippen LogP contribution in [0, 0.1) is 11.3 Å². The molecule has 0 fully saturated rings. The van der Waals surface area contributed by atoms with Crippen LogP contribution in [0.4, 0.5) is 0 Å². The van der Waals surface area contributed by atoms with Crippen molar-refractivity contribution in [2.45, 2.75) is 27.2 Å². The molecule has 0 saturated carbocycles. The molecule has 2 unspecified atom stereocenters. The van der Waals surface area contributed by atoms with Crippen molar-refractivity contribution in [2.24, 2.45) is 11.3 Å². The molecule has 0 aromatic carbocycles. The quantitative estimate of drug-likeness (QED) is 0.742. The van der Waals surface area contributed by atoms with E-state index in [9.17, 15) is 24.6 Å². The van der Waals surface area contributed by atoms with E-state index in [1.165, 1.54) is 26.0 Å². The van der Waals surface area contributed by atoms with Gasteiger partial charge < -0.3 is 10.2 Å². The number of allylic oxidation sites excluding steroid dienone is 2. The van der Waals surface area contributed by atoms with Crippen molar-refractivity contribution >= 4 is 17.7 Å². The number of carboxylic acids is 2. The lowest BCUT2D eigenvalue weighted by Gasteiger charge is -2.34. The van der Waals surface area contributed by atoms with E-state index in [0.29, 0.717) is 12.0 Å². The van der Waals surface area contributed by atoms with Crippen molar-refractivity contribution < 1.29 is 24.6 Å². The van der Waals surface area contributed by atoms with Crippen LogP contribution in [0.5, 0.6) is 0 Å². The van der Waals surface area contributed by atoms with Crippen LogP contribution in [0.25, 0.3) is 0 Å². The van der Waals surface area contributed by atoms with Crippen LogP contribution in [0.2, 0.25) is 0 Å². The number of carboxylic acid groups (broad SMARTS) is 2. The molecule has 2 N–H and O–H groups in total. The van der Waals surface area contributed by atoms with Gasteiger partial charge in [-0.25, -0.2) is 4.79 Å². The fraction of sp³-hybridized carbons (Fsp3) is 0.462. The summed E-state index contributed by atoms with van der Waals surface area (Å²) in [7, 11) is 0. The number of Topliss-reactive ketones (excluding diaryl/α,β-unsaturated/α-hetero) is 1. The average Bonchev–Trinajstić information content (AvgIpc) is 2.26. The van der Waals surface area contributed by atoms with Crippen LogP contribution in [-0.2, 0) is 14.4 Å². The second-order valence-electron chi connectivity index (χ2n) is 4.38. The van der Waals surface area contributed by atoms with Gasteiger partial charge in [-0.1, -0.05) is 26.0 Å². The van der Waals surface area contributed by atoms with Gasteiger partial charge in [-0.3, -0.25) is 9.59 Å². The maximum atomic E-state index is 11.7. The molecule has 0 heterocycles. The van der Waals surface area contributed by atoms with Gasteiger partial charge in [-0.05, 0) is 18.9 Å². The molecular formula is C13H16O5. The molecule has 1 rings (SSSR count). The van der Waals surface area contributed by atoms with Gasteiger partial charge in [0.1, 0.15) is 0 Å². The highest BCUT2D eigenvalue weighted by atomic mass is 16.4. The van der Waals surface area contributed by atoms with Gasteiger partial charge in [-0.2, -0.15) is 0 Å². The third kappa shape index (κ3) is 1.85. The summed E-state index contributed by atoms with van der Waals surface area (Å²) >= 11 is 0. The first-order chi connectivity index (χ1) is 8.28. The Hall–Kier alpha value is -1.91. The van der Waals surface area contributed by atoms with Gasteiger partial charge >= 0.3 is 11.9 Å². The Morgan fingerprint density at radius 3 is 2.22 bits per heavy atom. The maximum absolute atomic E-state index is 11.7. The molecule has 98 valence electrons. The Morgan fingerprint density at radius 2 is 1.89 bits per heavy atom. The summed E-state index contributed by atoms with van der Waals surface area (Å²) in [6.45, 7) is 4.43. The molecule has 1 aliphatic carbocycles. The average molecular weight is 252 g/mol. The highest BCUT2D eigenvalue weighted by molar-refractivity contribution is 6.07. The monoisotopic (exact) mass is 252 g/mol. The number of rotatable bonds is 4. The van der Waals surface area contributed by atoms with E-state index in [1.54, 1.807) is 6.92 Å². The lowest BCUT2D eigenvalue weighted by Crippen LogP contribution is -2.45. The number of hydrogen-bond donors (Lipinski definition) is 2.